The van der Waals surface area contributed by atoms with Gasteiger partial charge in [-0.3, -0.25) is 14.6 Å². The van der Waals surface area contributed by atoms with Crippen molar-refractivity contribution in [2.75, 3.05) is 7.11 Å². The SMILES string of the molecule is COc1c(C2CC(c3ccccc3)C2c2cc(=O)c3c(C(N)=O)nccc3[nH]2)ccc(F)c1F. The van der Waals surface area contributed by atoms with Crippen molar-refractivity contribution in [3.05, 3.63) is 105 Å². The molecule has 2 aromatic heterocycles. The highest BCUT2D eigenvalue weighted by molar-refractivity contribution is 6.03. The van der Waals surface area contributed by atoms with Crippen LogP contribution in [0.25, 0.3) is 10.9 Å². The van der Waals surface area contributed by atoms with Gasteiger partial charge in [-0.05, 0) is 36.0 Å². The number of nitrogens with two attached hydrogens (primary N) is 1. The lowest BCUT2D eigenvalue weighted by molar-refractivity contribution is 0.0997. The molecule has 4 aromatic rings. The first-order chi connectivity index (χ1) is 16.4. The van der Waals surface area contributed by atoms with E-state index >= 15 is 0 Å². The zero-order valence-corrected chi connectivity index (χ0v) is 18.2. The maximum Gasteiger partial charge on any atom is 0.268 e. The molecule has 0 saturated heterocycles. The van der Waals surface area contributed by atoms with Crippen LogP contribution in [-0.4, -0.2) is 23.0 Å². The molecule has 3 atom stereocenters. The molecule has 3 N–H and O–H groups in total. The Hall–Kier alpha value is -4.07. The molecule has 0 spiro atoms. The van der Waals surface area contributed by atoms with Crippen LogP contribution in [0.15, 0.2) is 65.6 Å². The van der Waals surface area contributed by atoms with Gasteiger partial charge in [0.25, 0.3) is 5.91 Å². The summed E-state index contributed by atoms with van der Waals surface area (Å²) in [6, 6.07) is 15.5. The molecule has 3 unspecified atom stereocenters. The topological polar surface area (TPSA) is 98.1 Å². The minimum atomic E-state index is -1.04. The fourth-order valence-electron chi connectivity index (χ4n) is 5.08. The summed E-state index contributed by atoms with van der Waals surface area (Å²) in [7, 11) is 1.31. The van der Waals surface area contributed by atoms with E-state index in [-0.39, 0.29) is 40.0 Å². The van der Waals surface area contributed by atoms with E-state index in [0.29, 0.717) is 23.2 Å². The zero-order valence-electron chi connectivity index (χ0n) is 18.2. The molecule has 1 amide bonds. The molecular weight excluding hydrogens is 440 g/mol. The average molecular weight is 461 g/mol. The predicted molar refractivity (Wildman–Crippen MR) is 123 cm³/mol. The van der Waals surface area contributed by atoms with Crippen molar-refractivity contribution in [2.24, 2.45) is 5.73 Å². The van der Waals surface area contributed by atoms with E-state index < -0.39 is 17.5 Å². The van der Waals surface area contributed by atoms with E-state index in [2.05, 4.69) is 9.97 Å². The molecule has 0 bridgehead atoms. The maximum atomic E-state index is 14.5. The van der Waals surface area contributed by atoms with E-state index in [1.54, 1.807) is 6.07 Å². The van der Waals surface area contributed by atoms with Crippen molar-refractivity contribution in [3.8, 4) is 5.75 Å². The maximum absolute atomic E-state index is 14.5. The number of amides is 1. The van der Waals surface area contributed by atoms with Crippen molar-refractivity contribution in [1.82, 2.24) is 9.97 Å². The smallest absolute Gasteiger partial charge is 0.268 e. The number of nitrogens with zero attached hydrogens (tertiary/aromatic N) is 1. The number of rotatable bonds is 5. The van der Waals surface area contributed by atoms with E-state index in [1.165, 1.54) is 25.4 Å². The Balaban J connectivity index is 1.68. The number of H-pyrrole nitrogens is 1. The molecule has 172 valence electrons. The lowest BCUT2D eigenvalue weighted by atomic mass is 9.58. The number of halogens is 2. The Kier molecular flexibility index (Phi) is 5.36. The van der Waals surface area contributed by atoms with Gasteiger partial charge in [-0.15, -0.1) is 0 Å². The Bertz CT molecular complexity index is 1470. The number of ether oxygens (including phenoxy) is 1. The number of aromatic nitrogens is 2. The minimum absolute atomic E-state index is 0.0227. The fourth-order valence-corrected chi connectivity index (χ4v) is 5.08. The molecule has 1 saturated carbocycles. The third kappa shape index (κ3) is 3.42. The summed E-state index contributed by atoms with van der Waals surface area (Å²) in [5, 5.41) is 0.122. The molecular formula is C26H21F2N3O3. The Labute approximate surface area is 193 Å². The first kappa shape index (κ1) is 21.8. The molecule has 2 heterocycles. The fraction of sp³-hybridized carbons (Fsp3) is 0.192. The number of hydrogen-bond acceptors (Lipinski definition) is 4. The van der Waals surface area contributed by atoms with Gasteiger partial charge in [-0.1, -0.05) is 36.4 Å². The second kappa shape index (κ2) is 8.37. The molecule has 1 aliphatic carbocycles. The highest BCUT2D eigenvalue weighted by Crippen LogP contribution is 2.59. The number of carbonyl (C=O) groups is 1. The van der Waals surface area contributed by atoms with Crippen molar-refractivity contribution in [3.63, 3.8) is 0 Å². The second-order valence-corrected chi connectivity index (χ2v) is 8.40. The number of methoxy groups -OCH3 is 1. The van der Waals surface area contributed by atoms with Gasteiger partial charge in [-0.25, -0.2) is 4.39 Å². The van der Waals surface area contributed by atoms with Crippen molar-refractivity contribution < 1.29 is 18.3 Å². The van der Waals surface area contributed by atoms with Gasteiger partial charge in [0.1, 0.15) is 5.69 Å². The number of pyridine rings is 2. The molecule has 0 radical (unpaired) electrons. The summed E-state index contributed by atoms with van der Waals surface area (Å²) in [6.45, 7) is 0. The minimum Gasteiger partial charge on any atom is -0.493 e. The summed E-state index contributed by atoms with van der Waals surface area (Å²) in [5.41, 5.74) is 7.57. The molecule has 1 aliphatic rings. The Morgan fingerprint density at radius 1 is 1.12 bits per heavy atom. The van der Waals surface area contributed by atoms with Crippen LogP contribution in [0, 0.1) is 11.6 Å². The average Bonchev–Trinajstić information content (AvgIpc) is 2.81. The van der Waals surface area contributed by atoms with E-state index in [9.17, 15) is 18.4 Å². The molecule has 2 aromatic carbocycles. The quantitative estimate of drug-likeness (QED) is 0.461. The number of primary amides is 1. The van der Waals surface area contributed by atoms with Gasteiger partial charge >= 0.3 is 0 Å². The van der Waals surface area contributed by atoms with Crippen LogP contribution in [0.3, 0.4) is 0 Å². The Morgan fingerprint density at radius 3 is 2.59 bits per heavy atom. The predicted octanol–water partition coefficient (Wildman–Crippen LogP) is 4.36. The molecule has 6 nitrogen and oxygen atoms in total. The summed E-state index contributed by atoms with van der Waals surface area (Å²) in [4.78, 5) is 32.1. The van der Waals surface area contributed by atoms with Gasteiger partial charge < -0.3 is 15.5 Å². The van der Waals surface area contributed by atoms with Crippen molar-refractivity contribution >= 4 is 16.8 Å². The van der Waals surface area contributed by atoms with Gasteiger partial charge in [0.15, 0.2) is 17.0 Å². The molecule has 0 aliphatic heterocycles. The normalized spacial score (nSPS) is 19.6. The van der Waals surface area contributed by atoms with Crippen LogP contribution in [0.2, 0.25) is 0 Å². The molecule has 34 heavy (non-hydrogen) atoms. The molecule has 8 heteroatoms. The van der Waals surface area contributed by atoms with Crippen LogP contribution >= 0.6 is 0 Å². The number of hydrogen-bond donors (Lipinski definition) is 2. The highest BCUT2D eigenvalue weighted by Gasteiger charge is 2.46. The third-order valence-corrected chi connectivity index (χ3v) is 6.64. The number of nitrogens with one attached hydrogen (secondary N) is 1. The van der Waals surface area contributed by atoms with Gasteiger partial charge in [0.2, 0.25) is 5.82 Å². The Morgan fingerprint density at radius 2 is 1.88 bits per heavy atom. The largest absolute Gasteiger partial charge is 0.493 e. The van der Waals surface area contributed by atoms with Crippen molar-refractivity contribution in [2.45, 2.75) is 24.2 Å². The lowest BCUT2D eigenvalue weighted by Gasteiger charge is -2.46. The summed E-state index contributed by atoms with van der Waals surface area (Å²) in [5.74, 6) is -3.41. The monoisotopic (exact) mass is 461 g/mol. The number of carbonyl (C=O) groups excluding carboxylic acids is 1. The third-order valence-electron chi connectivity index (χ3n) is 6.64. The number of aromatic amines is 1. The summed E-state index contributed by atoms with van der Waals surface area (Å²) < 4.78 is 33.6. The zero-order chi connectivity index (χ0) is 24.0. The molecule has 1 fully saturated rings. The lowest BCUT2D eigenvalue weighted by Crippen LogP contribution is -2.33. The first-order valence-electron chi connectivity index (χ1n) is 10.8. The van der Waals surface area contributed by atoms with Gasteiger partial charge in [0.05, 0.1) is 18.0 Å². The summed E-state index contributed by atoms with van der Waals surface area (Å²) >= 11 is 0. The first-order valence-corrected chi connectivity index (χ1v) is 10.8. The van der Waals surface area contributed by atoms with Crippen LogP contribution in [0.5, 0.6) is 5.75 Å². The van der Waals surface area contributed by atoms with Crippen LogP contribution in [0.1, 0.15) is 51.5 Å². The second-order valence-electron chi connectivity index (χ2n) is 8.40. The van der Waals surface area contributed by atoms with Gasteiger partial charge in [-0.2, -0.15) is 4.39 Å². The highest BCUT2D eigenvalue weighted by atomic mass is 19.2. The van der Waals surface area contributed by atoms with E-state index in [4.69, 9.17) is 10.5 Å². The van der Waals surface area contributed by atoms with E-state index in [1.807, 2.05) is 30.3 Å². The summed E-state index contributed by atoms with van der Waals surface area (Å²) in [6.07, 6.45) is 2.06. The van der Waals surface area contributed by atoms with Gasteiger partial charge in [0, 0.05) is 29.4 Å². The van der Waals surface area contributed by atoms with E-state index in [0.717, 1.165) is 11.6 Å². The number of benzene rings is 2. The standard InChI is InChI=1S/C26H21F2N3O3/c1-34-25-14(7-8-17(27)23(25)28)16-11-15(13-5-3-2-4-6-13)21(16)19-12-20(32)22-18(31-19)9-10-30-24(22)26(29)33/h2-10,12,15-16,21H,11H2,1H3,(H2,29,33)(H,31,32). The van der Waals surface area contributed by atoms with Crippen LogP contribution in [-0.2, 0) is 0 Å². The number of fused-ring (bicyclic) bond motifs is 1. The van der Waals surface area contributed by atoms with Crippen LogP contribution in [0.4, 0.5) is 8.78 Å². The van der Waals surface area contributed by atoms with Crippen LogP contribution < -0.4 is 15.9 Å². The molecule has 5 rings (SSSR count). The van der Waals surface area contributed by atoms with Crippen molar-refractivity contribution in [1.29, 1.82) is 0 Å².